The predicted octanol–water partition coefficient (Wildman–Crippen LogP) is -0.817. The lowest BCUT2D eigenvalue weighted by Gasteiger charge is -2.23. The summed E-state index contributed by atoms with van der Waals surface area (Å²) in [6, 6.07) is -2.91. The molecule has 0 aromatic heterocycles. The highest BCUT2D eigenvalue weighted by Gasteiger charge is 2.26. The Kier molecular flexibility index (Phi) is 7.34. The van der Waals surface area contributed by atoms with E-state index in [4.69, 9.17) is 15.3 Å². The summed E-state index contributed by atoms with van der Waals surface area (Å²) in [7, 11) is 0. The summed E-state index contributed by atoms with van der Waals surface area (Å²) in [5.41, 5.74) is 0. The Hall–Kier alpha value is -1.97. The van der Waals surface area contributed by atoms with Gasteiger partial charge in [-0.3, -0.25) is 4.79 Å². The van der Waals surface area contributed by atoms with Crippen molar-refractivity contribution in [1.82, 2.24) is 10.2 Å². The monoisotopic (exact) mass is 284 g/mol. The summed E-state index contributed by atoms with van der Waals surface area (Å²) < 4.78 is 24.3. The van der Waals surface area contributed by atoms with Crippen molar-refractivity contribution >= 4 is 18.0 Å². The van der Waals surface area contributed by atoms with E-state index in [9.17, 15) is 23.2 Å². The van der Waals surface area contributed by atoms with Gasteiger partial charge in [0, 0.05) is 6.54 Å². The first-order chi connectivity index (χ1) is 8.77. The van der Waals surface area contributed by atoms with Crippen LogP contribution in [-0.2, 0) is 9.59 Å². The Labute approximate surface area is 106 Å². The molecule has 0 bridgehead atoms. The van der Waals surface area contributed by atoms with Crippen molar-refractivity contribution in [1.29, 1.82) is 0 Å². The molecule has 0 aliphatic carbocycles. The van der Waals surface area contributed by atoms with Crippen molar-refractivity contribution in [3.63, 3.8) is 0 Å². The van der Waals surface area contributed by atoms with E-state index < -0.39 is 56.6 Å². The number of nitrogens with one attached hydrogen (secondary N) is 1. The van der Waals surface area contributed by atoms with Crippen molar-refractivity contribution in [2.75, 3.05) is 19.7 Å². The minimum Gasteiger partial charge on any atom is -0.481 e. The number of carboxylic acid groups (broad SMARTS) is 2. The predicted molar refractivity (Wildman–Crippen MR) is 56.9 cm³/mol. The first-order valence-corrected chi connectivity index (χ1v) is 5.17. The van der Waals surface area contributed by atoms with E-state index in [1.54, 1.807) is 5.32 Å². The Morgan fingerprint density at radius 1 is 1.21 bits per heavy atom. The van der Waals surface area contributed by atoms with Crippen molar-refractivity contribution in [2.24, 2.45) is 0 Å². The maximum absolute atomic E-state index is 12.2. The van der Waals surface area contributed by atoms with Gasteiger partial charge < -0.3 is 25.5 Å². The third kappa shape index (κ3) is 7.13. The number of carbonyl (C=O) groups is 3. The number of nitrogens with zero attached hydrogens (tertiary/aromatic N) is 1. The number of carbonyl (C=O) groups excluding carboxylic acids is 1. The molecule has 0 spiro atoms. The minimum atomic E-state index is -2.86. The van der Waals surface area contributed by atoms with E-state index in [-0.39, 0.29) is 0 Å². The van der Waals surface area contributed by atoms with Gasteiger partial charge >= 0.3 is 18.0 Å². The van der Waals surface area contributed by atoms with Crippen LogP contribution in [0.3, 0.4) is 0 Å². The van der Waals surface area contributed by atoms with Crippen molar-refractivity contribution in [3.05, 3.63) is 0 Å². The Morgan fingerprint density at radius 3 is 2.16 bits per heavy atom. The van der Waals surface area contributed by atoms with Gasteiger partial charge in [-0.1, -0.05) is 0 Å². The maximum Gasteiger partial charge on any atom is 0.326 e. The van der Waals surface area contributed by atoms with Gasteiger partial charge in [-0.15, -0.1) is 0 Å². The normalized spacial score (nSPS) is 12.0. The molecule has 0 aromatic carbocycles. The van der Waals surface area contributed by atoms with Crippen LogP contribution < -0.4 is 5.32 Å². The molecular weight excluding hydrogens is 270 g/mol. The molecule has 0 saturated carbocycles. The van der Waals surface area contributed by atoms with E-state index in [1.165, 1.54) is 0 Å². The molecule has 0 fully saturated rings. The second-order valence-electron chi connectivity index (χ2n) is 3.50. The largest absolute Gasteiger partial charge is 0.481 e. The van der Waals surface area contributed by atoms with E-state index in [1.807, 2.05) is 0 Å². The van der Waals surface area contributed by atoms with Gasteiger partial charge in [-0.2, -0.15) is 0 Å². The SMILES string of the molecule is O=C(O)CC(NC(=O)N(CCO)CC(F)F)C(=O)O. The number of halogens is 2. The number of rotatable bonds is 8. The zero-order valence-corrected chi connectivity index (χ0v) is 9.75. The number of hydrogen-bond acceptors (Lipinski definition) is 4. The number of aliphatic carboxylic acids is 2. The van der Waals surface area contributed by atoms with Gasteiger partial charge in [-0.25, -0.2) is 18.4 Å². The highest BCUT2D eigenvalue weighted by atomic mass is 19.3. The third-order valence-corrected chi connectivity index (χ3v) is 1.99. The Bertz CT molecular complexity index is 339. The van der Waals surface area contributed by atoms with Crippen LogP contribution in [0.15, 0.2) is 0 Å². The summed E-state index contributed by atoms with van der Waals surface area (Å²) in [5, 5.41) is 27.5. The van der Waals surface area contributed by atoms with Gasteiger partial charge in [0.05, 0.1) is 19.6 Å². The van der Waals surface area contributed by atoms with E-state index in [2.05, 4.69) is 0 Å². The molecule has 0 aliphatic rings. The average Bonchev–Trinajstić information content (AvgIpc) is 2.26. The van der Waals surface area contributed by atoms with Gasteiger partial charge in [0.25, 0.3) is 6.43 Å². The van der Waals surface area contributed by atoms with E-state index in [0.717, 1.165) is 0 Å². The molecule has 0 rings (SSSR count). The second kappa shape index (κ2) is 8.19. The lowest BCUT2D eigenvalue weighted by atomic mass is 10.2. The summed E-state index contributed by atoms with van der Waals surface area (Å²) >= 11 is 0. The fraction of sp³-hybridized carbons (Fsp3) is 0.667. The van der Waals surface area contributed by atoms with Crippen LogP contribution in [0.1, 0.15) is 6.42 Å². The number of urea groups is 1. The van der Waals surface area contributed by atoms with Crippen LogP contribution >= 0.6 is 0 Å². The van der Waals surface area contributed by atoms with Crippen LogP contribution in [-0.4, -0.2) is 70.4 Å². The summed E-state index contributed by atoms with van der Waals surface area (Å²) in [6.45, 7) is -2.00. The average molecular weight is 284 g/mol. The first kappa shape index (κ1) is 17.0. The Balaban J connectivity index is 4.65. The maximum atomic E-state index is 12.2. The van der Waals surface area contributed by atoms with Crippen molar-refractivity contribution in [2.45, 2.75) is 18.9 Å². The zero-order valence-electron chi connectivity index (χ0n) is 9.75. The molecule has 0 aromatic rings. The van der Waals surface area contributed by atoms with Gasteiger partial charge in [0.2, 0.25) is 0 Å². The molecule has 0 saturated heterocycles. The first-order valence-electron chi connectivity index (χ1n) is 5.17. The van der Waals surface area contributed by atoms with Crippen molar-refractivity contribution in [3.8, 4) is 0 Å². The third-order valence-electron chi connectivity index (χ3n) is 1.99. The molecule has 1 unspecified atom stereocenters. The Morgan fingerprint density at radius 2 is 1.79 bits per heavy atom. The molecule has 19 heavy (non-hydrogen) atoms. The highest BCUT2D eigenvalue weighted by Crippen LogP contribution is 2.01. The lowest BCUT2D eigenvalue weighted by molar-refractivity contribution is -0.145. The molecule has 1 atom stereocenters. The summed E-state index contributed by atoms with van der Waals surface area (Å²) in [6.07, 6.45) is -3.75. The fourth-order valence-electron chi connectivity index (χ4n) is 1.18. The molecule has 0 radical (unpaired) electrons. The van der Waals surface area contributed by atoms with Crippen LogP contribution in [0.25, 0.3) is 0 Å². The van der Waals surface area contributed by atoms with Gasteiger partial charge in [0.1, 0.15) is 6.04 Å². The lowest BCUT2D eigenvalue weighted by Crippen LogP contribution is -2.50. The van der Waals surface area contributed by atoms with Crippen LogP contribution in [0.5, 0.6) is 0 Å². The number of hydrogen-bond donors (Lipinski definition) is 4. The molecule has 0 aliphatic heterocycles. The van der Waals surface area contributed by atoms with E-state index in [0.29, 0.717) is 4.90 Å². The smallest absolute Gasteiger partial charge is 0.326 e. The van der Waals surface area contributed by atoms with Gasteiger partial charge in [-0.05, 0) is 0 Å². The number of carboxylic acids is 2. The fourth-order valence-corrected chi connectivity index (χ4v) is 1.18. The molecule has 8 nitrogen and oxygen atoms in total. The minimum absolute atomic E-state index is 0.421. The molecule has 4 N–H and O–H groups in total. The number of aliphatic hydroxyl groups is 1. The summed E-state index contributed by atoms with van der Waals surface area (Å²) in [5.74, 6) is -3.06. The topological polar surface area (TPSA) is 127 Å². The van der Waals surface area contributed by atoms with Gasteiger partial charge in [0.15, 0.2) is 0 Å². The standard InChI is InChI=1S/C9H14F2N2O6/c10-6(11)4-13(1-2-14)9(19)12-5(8(17)18)3-7(15)16/h5-6,14H,1-4H2,(H,12,19)(H,15,16)(H,17,18). The quantitative estimate of drug-likeness (QED) is 0.461. The molecule has 2 amide bonds. The molecule has 110 valence electrons. The molecular formula is C9H14F2N2O6. The van der Waals surface area contributed by atoms with Crippen molar-refractivity contribution < 1.29 is 38.5 Å². The number of aliphatic hydroxyl groups excluding tert-OH is 1. The summed E-state index contributed by atoms with van der Waals surface area (Å²) in [4.78, 5) is 33.0. The number of amides is 2. The second-order valence-corrected chi connectivity index (χ2v) is 3.50. The molecule has 10 heteroatoms. The zero-order chi connectivity index (χ0) is 15.0. The number of alkyl halides is 2. The van der Waals surface area contributed by atoms with E-state index >= 15 is 0 Å². The van der Waals surface area contributed by atoms with Crippen LogP contribution in [0.2, 0.25) is 0 Å². The highest BCUT2D eigenvalue weighted by molar-refractivity contribution is 5.86. The van der Waals surface area contributed by atoms with Crippen LogP contribution in [0, 0.1) is 0 Å². The van der Waals surface area contributed by atoms with Crippen LogP contribution in [0.4, 0.5) is 13.6 Å². The molecule has 0 heterocycles.